The van der Waals surface area contributed by atoms with Crippen molar-refractivity contribution in [2.24, 2.45) is 5.73 Å². The average molecular weight is 333 g/mol. The molecule has 1 aliphatic heterocycles. The molecule has 0 radical (unpaired) electrons. The van der Waals surface area contributed by atoms with Crippen LogP contribution in [0.25, 0.3) is 0 Å². The third kappa shape index (κ3) is 3.81. The summed E-state index contributed by atoms with van der Waals surface area (Å²) >= 11 is 0. The molecule has 0 saturated carbocycles. The van der Waals surface area contributed by atoms with Crippen LogP contribution >= 0.6 is 0 Å². The van der Waals surface area contributed by atoms with E-state index in [9.17, 15) is 22.8 Å². The number of alkyl halides is 3. The second-order valence-corrected chi connectivity index (χ2v) is 5.59. The number of hydrogen-bond donors (Lipinski definition) is 1. The Morgan fingerprint density at radius 2 is 2.04 bits per heavy atom. The first kappa shape index (κ1) is 17.3. The predicted octanol–water partition coefficient (Wildman–Crippen LogP) is -0.162. The lowest BCUT2D eigenvalue weighted by Crippen LogP contribution is -2.59. The van der Waals surface area contributed by atoms with Crippen LogP contribution in [0.4, 0.5) is 13.2 Å². The molecule has 0 spiro atoms. The van der Waals surface area contributed by atoms with E-state index in [2.05, 4.69) is 5.10 Å². The van der Waals surface area contributed by atoms with Gasteiger partial charge in [-0.2, -0.15) is 18.3 Å². The van der Waals surface area contributed by atoms with Crippen LogP contribution in [-0.2, 0) is 22.3 Å². The Bertz CT molecular complexity index is 613. The zero-order valence-electron chi connectivity index (χ0n) is 12.8. The lowest BCUT2D eigenvalue weighted by molar-refractivity contribution is -0.144. The van der Waals surface area contributed by atoms with E-state index >= 15 is 0 Å². The summed E-state index contributed by atoms with van der Waals surface area (Å²) in [6, 6.07) is 0.0854. The van der Waals surface area contributed by atoms with Crippen LogP contribution in [0.5, 0.6) is 0 Å². The normalized spacial score (nSPS) is 19.9. The molecule has 1 saturated heterocycles. The summed E-state index contributed by atoms with van der Waals surface area (Å²) < 4.78 is 38.9. The molecule has 10 heteroatoms. The Balaban J connectivity index is 2.15. The van der Waals surface area contributed by atoms with Crippen molar-refractivity contribution in [2.75, 3.05) is 26.7 Å². The minimum Gasteiger partial charge on any atom is -0.368 e. The van der Waals surface area contributed by atoms with E-state index in [0.29, 0.717) is 13.1 Å². The van der Waals surface area contributed by atoms with E-state index in [1.165, 1.54) is 11.8 Å². The number of piperazine rings is 1. The molecule has 1 aromatic heterocycles. The number of likely N-dealkylation sites (N-methyl/N-ethyl adjacent to an activating group) is 1. The molecule has 2 amide bonds. The summed E-state index contributed by atoms with van der Waals surface area (Å²) in [7, 11) is 1.80. The van der Waals surface area contributed by atoms with E-state index in [4.69, 9.17) is 5.73 Å². The highest BCUT2D eigenvalue weighted by Gasteiger charge is 2.36. The van der Waals surface area contributed by atoms with Crippen molar-refractivity contribution in [3.8, 4) is 0 Å². The average Bonchev–Trinajstić information content (AvgIpc) is 2.80. The standard InChI is InChI=1S/C13H18F3N5O2/c1-8-5-10(13(14,15)16)18-21(8)7-11(22)20-4-3-19(2)6-9(20)12(17)23/h5,9H,3-4,6-7H2,1-2H3,(H2,17,23). The number of halogens is 3. The van der Waals surface area contributed by atoms with Crippen LogP contribution in [0.2, 0.25) is 0 Å². The van der Waals surface area contributed by atoms with Gasteiger partial charge in [-0.15, -0.1) is 0 Å². The fraction of sp³-hybridized carbons (Fsp3) is 0.615. The molecule has 0 bridgehead atoms. The first-order chi connectivity index (χ1) is 10.6. The zero-order chi connectivity index (χ0) is 17.4. The van der Waals surface area contributed by atoms with Gasteiger partial charge in [-0.1, -0.05) is 0 Å². The lowest BCUT2D eigenvalue weighted by atomic mass is 10.1. The van der Waals surface area contributed by atoms with Crippen LogP contribution in [0, 0.1) is 6.92 Å². The molecule has 1 unspecified atom stereocenters. The van der Waals surface area contributed by atoms with Gasteiger partial charge in [-0.05, 0) is 20.0 Å². The number of carbonyl (C=O) groups is 2. The predicted molar refractivity (Wildman–Crippen MR) is 74.2 cm³/mol. The number of nitrogens with zero attached hydrogens (tertiary/aromatic N) is 4. The second kappa shape index (κ2) is 6.19. The van der Waals surface area contributed by atoms with Crippen molar-refractivity contribution in [1.82, 2.24) is 19.6 Å². The zero-order valence-corrected chi connectivity index (χ0v) is 12.8. The molecular weight excluding hydrogens is 315 g/mol. The molecule has 2 N–H and O–H groups in total. The molecule has 1 aromatic rings. The number of carbonyl (C=O) groups excluding carboxylic acids is 2. The molecule has 0 aliphatic carbocycles. The van der Waals surface area contributed by atoms with Gasteiger partial charge in [0, 0.05) is 25.3 Å². The first-order valence-electron chi connectivity index (χ1n) is 6.98. The van der Waals surface area contributed by atoms with Crippen molar-refractivity contribution in [3.05, 3.63) is 17.5 Å². The summed E-state index contributed by atoms with van der Waals surface area (Å²) in [6.45, 7) is 2.21. The van der Waals surface area contributed by atoms with Gasteiger partial charge < -0.3 is 15.5 Å². The van der Waals surface area contributed by atoms with Crippen molar-refractivity contribution in [2.45, 2.75) is 25.7 Å². The number of aromatic nitrogens is 2. The highest BCUT2D eigenvalue weighted by atomic mass is 19.4. The highest BCUT2D eigenvalue weighted by molar-refractivity contribution is 5.87. The quantitative estimate of drug-likeness (QED) is 0.833. The number of amides is 2. The van der Waals surface area contributed by atoms with Crippen molar-refractivity contribution in [1.29, 1.82) is 0 Å². The number of nitrogens with two attached hydrogens (primary N) is 1. The van der Waals surface area contributed by atoms with Gasteiger partial charge in [-0.25, -0.2) is 0 Å². The summed E-state index contributed by atoms with van der Waals surface area (Å²) in [6.07, 6.45) is -4.57. The van der Waals surface area contributed by atoms with E-state index in [-0.39, 0.29) is 18.8 Å². The third-order valence-corrected chi connectivity index (χ3v) is 3.79. The Hall–Kier alpha value is -2.10. The van der Waals surface area contributed by atoms with Crippen LogP contribution in [-0.4, -0.2) is 64.1 Å². The fourth-order valence-electron chi connectivity index (χ4n) is 2.49. The summed E-state index contributed by atoms with van der Waals surface area (Å²) in [5, 5.41) is 3.42. The molecule has 1 aliphatic rings. The molecular formula is C13H18F3N5O2. The van der Waals surface area contributed by atoms with Gasteiger partial charge in [0.25, 0.3) is 0 Å². The Labute approximate surface area is 130 Å². The minimum atomic E-state index is -4.57. The van der Waals surface area contributed by atoms with E-state index in [1.807, 2.05) is 4.90 Å². The SMILES string of the molecule is Cc1cc(C(F)(F)F)nn1CC(=O)N1CCN(C)CC1C(N)=O. The van der Waals surface area contributed by atoms with E-state index in [1.54, 1.807) is 7.05 Å². The monoisotopic (exact) mass is 333 g/mol. The van der Waals surface area contributed by atoms with Crippen molar-refractivity contribution < 1.29 is 22.8 Å². The summed E-state index contributed by atoms with van der Waals surface area (Å²) in [5.41, 5.74) is 4.48. The van der Waals surface area contributed by atoms with Crippen LogP contribution in [0.3, 0.4) is 0 Å². The first-order valence-corrected chi connectivity index (χ1v) is 6.98. The smallest absolute Gasteiger partial charge is 0.368 e. The second-order valence-electron chi connectivity index (χ2n) is 5.59. The third-order valence-electron chi connectivity index (χ3n) is 3.79. The topological polar surface area (TPSA) is 84.5 Å². The molecule has 1 fully saturated rings. The number of primary amides is 1. The minimum absolute atomic E-state index is 0.218. The maximum atomic E-state index is 12.6. The molecule has 23 heavy (non-hydrogen) atoms. The van der Waals surface area contributed by atoms with Gasteiger partial charge in [0.2, 0.25) is 11.8 Å². The number of hydrogen-bond acceptors (Lipinski definition) is 4. The maximum absolute atomic E-state index is 12.6. The van der Waals surface area contributed by atoms with Gasteiger partial charge in [0.1, 0.15) is 12.6 Å². The van der Waals surface area contributed by atoms with E-state index < -0.39 is 29.7 Å². The Kier molecular flexibility index (Phi) is 4.64. The molecule has 7 nitrogen and oxygen atoms in total. The van der Waals surface area contributed by atoms with E-state index in [0.717, 1.165) is 10.7 Å². The Morgan fingerprint density at radius 1 is 1.39 bits per heavy atom. The number of rotatable bonds is 3. The van der Waals surface area contributed by atoms with Crippen LogP contribution in [0.1, 0.15) is 11.4 Å². The molecule has 2 rings (SSSR count). The highest BCUT2D eigenvalue weighted by Crippen LogP contribution is 2.28. The van der Waals surface area contributed by atoms with Gasteiger partial charge in [0.05, 0.1) is 0 Å². The largest absolute Gasteiger partial charge is 0.435 e. The van der Waals surface area contributed by atoms with Crippen molar-refractivity contribution >= 4 is 11.8 Å². The molecule has 128 valence electrons. The summed E-state index contributed by atoms with van der Waals surface area (Å²) in [5.74, 6) is -1.13. The lowest BCUT2D eigenvalue weighted by Gasteiger charge is -2.38. The molecule has 2 heterocycles. The Morgan fingerprint density at radius 3 is 2.57 bits per heavy atom. The van der Waals surface area contributed by atoms with Gasteiger partial charge in [0.15, 0.2) is 5.69 Å². The maximum Gasteiger partial charge on any atom is 0.435 e. The fourth-order valence-corrected chi connectivity index (χ4v) is 2.49. The van der Waals surface area contributed by atoms with Crippen LogP contribution in [0.15, 0.2) is 6.07 Å². The summed E-state index contributed by atoms with van der Waals surface area (Å²) in [4.78, 5) is 27.0. The number of aryl methyl sites for hydroxylation is 1. The van der Waals surface area contributed by atoms with Gasteiger partial charge in [-0.3, -0.25) is 14.3 Å². The molecule has 1 atom stereocenters. The van der Waals surface area contributed by atoms with Gasteiger partial charge >= 0.3 is 6.18 Å². The van der Waals surface area contributed by atoms with Crippen LogP contribution < -0.4 is 5.73 Å². The molecule has 0 aromatic carbocycles. The van der Waals surface area contributed by atoms with Crippen molar-refractivity contribution in [3.63, 3.8) is 0 Å².